The van der Waals surface area contributed by atoms with Gasteiger partial charge in [-0.25, -0.2) is 0 Å². The van der Waals surface area contributed by atoms with E-state index in [1.54, 1.807) is 49.6 Å². The Morgan fingerprint density at radius 3 is 2.42 bits per heavy atom. The van der Waals surface area contributed by atoms with Gasteiger partial charge in [-0.2, -0.15) is 0 Å². The number of ether oxygens (including phenoxy) is 4. The van der Waals surface area contributed by atoms with Crippen molar-refractivity contribution >= 4 is 11.9 Å². The molecule has 0 atom stereocenters. The number of methoxy groups -OCH3 is 2. The summed E-state index contributed by atoms with van der Waals surface area (Å²) < 4.78 is 20.9. The molecular formula is C19H21NO6. The monoisotopic (exact) mass is 359 g/mol. The molecule has 0 saturated carbocycles. The maximum absolute atomic E-state index is 12.1. The molecule has 0 aliphatic heterocycles. The van der Waals surface area contributed by atoms with Crippen molar-refractivity contribution < 1.29 is 28.5 Å². The minimum absolute atomic E-state index is 0.0971. The molecule has 0 unspecified atom stereocenters. The van der Waals surface area contributed by atoms with Gasteiger partial charge in [0.2, 0.25) is 0 Å². The van der Waals surface area contributed by atoms with Crippen molar-refractivity contribution in [2.75, 3.05) is 20.8 Å². The fourth-order valence-corrected chi connectivity index (χ4v) is 2.25. The quantitative estimate of drug-likeness (QED) is 0.686. The zero-order chi connectivity index (χ0) is 18.9. The van der Waals surface area contributed by atoms with Gasteiger partial charge < -0.3 is 24.7 Å². The molecule has 0 aromatic heterocycles. The molecule has 26 heavy (non-hydrogen) atoms. The van der Waals surface area contributed by atoms with Crippen LogP contribution in [0.15, 0.2) is 42.5 Å². The van der Waals surface area contributed by atoms with Gasteiger partial charge in [0.25, 0.3) is 5.91 Å². The summed E-state index contributed by atoms with van der Waals surface area (Å²) in [4.78, 5) is 22.8. The fourth-order valence-electron chi connectivity index (χ4n) is 2.25. The van der Waals surface area contributed by atoms with E-state index in [0.29, 0.717) is 17.2 Å². The summed E-state index contributed by atoms with van der Waals surface area (Å²) in [6, 6.07) is 12.2. The highest BCUT2D eigenvalue weighted by Crippen LogP contribution is 2.27. The van der Waals surface area contributed by atoms with Crippen LogP contribution in [0.1, 0.15) is 11.1 Å². The number of carbonyl (C=O) groups is 2. The van der Waals surface area contributed by atoms with Crippen LogP contribution in [-0.4, -0.2) is 32.7 Å². The Morgan fingerprint density at radius 1 is 0.962 bits per heavy atom. The topological polar surface area (TPSA) is 97.1 Å². The van der Waals surface area contributed by atoms with Gasteiger partial charge >= 0.3 is 5.97 Å². The van der Waals surface area contributed by atoms with Crippen molar-refractivity contribution in [2.24, 2.45) is 5.73 Å². The first-order valence-electron chi connectivity index (χ1n) is 7.88. The predicted molar refractivity (Wildman–Crippen MR) is 94.2 cm³/mol. The van der Waals surface area contributed by atoms with Crippen LogP contribution in [-0.2, 0) is 27.4 Å². The lowest BCUT2D eigenvalue weighted by Crippen LogP contribution is -2.20. The second-order valence-corrected chi connectivity index (χ2v) is 5.43. The summed E-state index contributed by atoms with van der Waals surface area (Å²) in [5, 5.41) is 0. The molecule has 0 heterocycles. The molecule has 2 aromatic carbocycles. The van der Waals surface area contributed by atoms with Crippen molar-refractivity contribution in [3.63, 3.8) is 0 Å². The van der Waals surface area contributed by atoms with Crippen LogP contribution in [0.2, 0.25) is 0 Å². The standard InChI is InChI=1S/C19H21NO6/c1-23-16-7-6-13(9-17(16)24-2)10-19(22)26-11-14-4-3-5-15(8-14)25-12-18(20)21/h3-9H,10-12H2,1-2H3,(H2,20,21). The molecule has 2 aromatic rings. The van der Waals surface area contributed by atoms with Gasteiger partial charge in [-0.15, -0.1) is 0 Å². The number of carbonyl (C=O) groups excluding carboxylic acids is 2. The number of primary amides is 1. The molecule has 2 N–H and O–H groups in total. The number of esters is 1. The third-order valence-corrected chi connectivity index (χ3v) is 3.48. The molecular weight excluding hydrogens is 338 g/mol. The molecule has 2 rings (SSSR count). The minimum Gasteiger partial charge on any atom is -0.493 e. The van der Waals surface area contributed by atoms with Crippen molar-refractivity contribution in [3.05, 3.63) is 53.6 Å². The van der Waals surface area contributed by atoms with Gasteiger partial charge in [-0.1, -0.05) is 18.2 Å². The van der Waals surface area contributed by atoms with E-state index in [1.807, 2.05) is 0 Å². The molecule has 0 saturated heterocycles. The molecule has 0 radical (unpaired) electrons. The van der Waals surface area contributed by atoms with Crippen molar-refractivity contribution in [1.29, 1.82) is 0 Å². The lowest BCUT2D eigenvalue weighted by Gasteiger charge is -2.10. The van der Waals surface area contributed by atoms with E-state index in [4.69, 9.17) is 24.7 Å². The minimum atomic E-state index is -0.559. The normalized spacial score (nSPS) is 10.1. The van der Waals surface area contributed by atoms with E-state index in [0.717, 1.165) is 11.1 Å². The van der Waals surface area contributed by atoms with Crippen LogP contribution in [0.5, 0.6) is 17.2 Å². The second-order valence-electron chi connectivity index (χ2n) is 5.43. The smallest absolute Gasteiger partial charge is 0.310 e. The highest BCUT2D eigenvalue weighted by Gasteiger charge is 2.10. The van der Waals surface area contributed by atoms with Crippen LogP contribution in [0.3, 0.4) is 0 Å². The number of rotatable bonds is 9. The maximum atomic E-state index is 12.1. The zero-order valence-corrected chi connectivity index (χ0v) is 14.7. The summed E-state index contributed by atoms with van der Waals surface area (Å²) in [5.41, 5.74) is 6.54. The molecule has 0 bridgehead atoms. The van der Waals surface area contributed by atoms with E-state index in [9.17, 15) is 9.59 Å². The van der Waals surface area contributed by atoms with E-state index in [2.05, 4.69) is 0 Å². The van der Waals surface area contributed by atoms with Crippen LogP contribution in [0, 0.1) is 0 Å². The molecule has 7 nitrogen and oxygen atoms in total. The highest BCUT2D eigenvalue weighted by molar-refractivity contribution is 5.75. The Morgan fingerprint density at radius 2 is 1.73 bits per heavy atom. The maximum Gasteiger partial charge on any atom is 0.310 e. The Kier molecular flexibility index (Phi) is 6.84. The molecule has 7 heteroatoms. The number of hydrogen-bond donors (Lipinski definition) is 1. The van der Waals surface area contributed by atoms with Crippen LogP contribution >= 0.6 is 0 Å². The average Bonchev–Trinajstić information content (AvgIpc) is 2.65. The first-order chi connectivity index (χ1) is 12.5. The van der Waals surface area contributed by atoms with Gasteiger partial charge in [-0.3, -0.25) is 9.59 Å². The number of nitrogens with two attached hydrogens (primary N) is 1. The van der Waals surface area contributed by atoms with Gasteiger partial charge in [0, 0.05) is 0 Å². The largest absolute Gasteiger partial charge is 0.493 e. The van der Waals surface area contributed by atoms with Gasteiger partial charge in [0.1, 0.15) is 12.4 Å². The SMILES string of the molecule is COc1ccc(CC(=O)OCc2cccc(OCC(N)=O)c2)cc1OC. The average molecular weight is 359 g/mol. The first kappa shape index (κ1) is 19.1. The third-order valence-electron chi connectivity index (χ3n) is 3.48. The van der Waals surface area contributed by atoms with Crippen molar-refractivity contribution in [1.82, 2.24) is 0 Å². The Hall–Kier alpha value is -3.22. The molecule has 138 valence electrons. The summed E-state index contributed by atoms with van der Waals surface area (Å²) in [5.74, 6) is 0.698. The summed E-state index contributed by atoms with van der Waals surface area (Å²) in [6.45, 7) is -0.109. The lowest BCUT2D eigenvalue weighted by atomic mass is 10.1. The Labute approximate surface area is 151 Å². The molecule has 0 fully saturated rings. The lowest BCUT2D eigenvalue weighted by molar-refractivity contribution is -0.144. The molecule has 0 aliphatic carbocycles. The summed E-state index contributed by atoms with van der Waals surface area (Å²) in [7, 11) is 3.08. The van der Waals surface area contributed by atoms with Gasteiger partial charge in [0.05, 0.1) is 20.6 Å². The Balaban J connectivity index is 1.90. The molecule has 0 aliphatic rings. The third kappa shape index (κ3) is 5.70. The summed E-state index contributed by atoms with van der Waals surface area (Å²) >= 11 is 0. The van der Waals surface area contributed by atoms with Gasteiger partial charge in [-0.05, 0) is 35.4 Å². The van der Waals surface area contributed by atoms with Gasteiger partial charge in [0.15, 0.2) is 18.1 Å². The Bertz CT molecular complexity index is 774. The fraction of sp³-hybridized carbons (Fsp3) is 0.263. The second kappa shape index (κ2) is 9.31. The van der Waals surface area contributed by atoms with Crippen LogP contribution in [0.4, 0.5) is 0 Å². The predicted octanol–water partition coefficient (Wildman–Crippen LogP) is 1.85. The summed E-state index contributed by atoms with van der Waals surface area (Å²) in [6.07, 6.45) is 0.109. The molecule has 0 spiro atoms. The number of hydrogen-bond acceptors (Lipinski definition) is 6. The highest BCUT2D eigenvalue weighted by atomic mass is 16.5. The van der Waals surface area contributed by atoms with E-state index >= 15 is 0 Å². The van der Waals surface area contributed by atoms with E-state index < -0.39 is 5.91 Å². The van der Waals surface area contributed by atoms with Crippen molar-refractivity contribution in [2.45, 2.75) is 13.0 Å². The number of benzene rings is 2. The first-order valence-corrected chi connectivity index (χ1v) is 7.88. The van der Waals surface area contributed by atoms with E-state index in [1.165, 1.54) is 7.11 Å². The van der Waals surface area contributed by atoms with Crippen LogP contribution in [0.25, 0.3) is 0 Å². The zero-order valence-electron chi connectivity index (χ0n) is 14.7. The van der Waals surface area contributed by atoms with E-state index in [-0.39, 0.29) is 25.6 Å². The number of amides is 1. The van der Waals surface area contributed by atoms with Crippen LogP contribution < -0.4 is 19.9 Å². The van der Waals surface area contributed by atoms with Crippen molar-refractivity contribution in [3.8, 4) is 17.2 Å². The molecule has 1 amide bonds.